The first kappa shape index (κ1) is 21.3. The van der Waals surface area contributed by atoms with E-state index >= 15 is 0 Å². The lowest BCUT2D eigenvalue weighted by Crippen LogP contribution is -2.32. The van der Waals surface area contributed by atoms with E-state index in [-0.39, 0.29) is 11.3 Å². The number of nitrogens with zero attached hydrogens (tertiary/aromatic N) is 2. The van der Waals surface area contributed by atoms with Crippen LogP contribution in [0.5, 0.6) is 0 Å². The van der Waals surface area contributed by atoms with E-state index in [1.165, 1.54) is 24.3 Å². The summed E-state index contributed by atoms with van der Waals surface area (Å²) in [6.07, 6.45) is 0. The van der Waals surface area contributed by atoms with Crippen molar-refractivity contribution in [1.29, 1.82) is 0 Å². The third-order valence-corrected chi connectivity index (χ3v) is 5.48. The molecule has 162 valence electrons. The molecule has 0 saturated carbocycles. The minimum absolute atomic E-state index is 0.172. The summed E-state index contributed by atoms with van der Waals surface area (Å²) in [5, 5.41) is 3.17. The van der Waals surface area contributed by atoms with Crippen LogP contribution in [0.15, 0.2) is 72.4 Å². The molecular weight excluding hydrogens is 405 g/mol. The average Bonchev–Trinajstić information content (AvgIpc) is 3.00. The Morgan fingerprint density at radius 2 is 1.50 bits per heavy atom. The molecule has 2 amide bonds. The molecule has 0 saturated heterocycles. The van der Waals surface area contributed by atoms with Crippen LogP contribution in [0.1, 0.15) is 16.7 Å². The second-order valence-electron chi connectivity index (χ2n) is 8.06. The highest BCUT2D eigenvalue weighted by atomic mass is 19.1. The summed E-state index contributed by atoms with van der Waals surface area (Å²) in [5.41, 5.74) is 5.07. The number of hydrogen-bond acceptors (Lipinski definition) is 4. The first-order valence-corrected chi connectivity index (χ1v) is 10.3. The van der Waals surface area contributed by atoms with Crippen molar-refractivity contribution in [3.8, 4) is 0 Å². The maximum absolute atomic E-state index is 13.5. The van der Waals surface area contributed by atoms with Crippen molar-refractivity contribution < 1.29 is 14.0 Å². The highest BCUT2D eigenvalue weighted by Gasteiger charge is 2.40. The van der Waals surface area contributed by atoms with Crippen molar-refractivity contribution in [3.63, 3.8) is 0 Å². The van der Waals surface area contributed by atoms with Gasteiger partial charge < -0.3 is 10.2 Å². The lowest BCUT2D eigenvalue weighted by molar-refractivity contribution is -0.120. The van der Waals surface area contributed by atoms with Crippen LogP contribution in [0.3, 0.4) is 0 Å². The number of imide groups is 1. The molecule has 3 aromatic rings. The molecule has 0 radical (unpaired) electrons. The van der Waals surface area contributed by atoms with Gasteiger partial charge in [-0.2, -0.15) is 0 Å². The molecule has 0 fully saturated rings. The zero-order valence-electron chi connectivity index (χ0n) is 18.4. The number of hydrogen-bond donors (Lipinski definition) is 1. The maximum atomic E-state index is 13.5. The Hall–Kier alpha value is -3.93. The highest BCUT2D eigenvalue weighted by molar-refractivity contribution is 6.46. The number of benzene rings is 3. The third kappa shape index (κ3) is 3.87. The van der Waals surface area contributed by atoms with Gasteiger partial charge in [-0.3, -0.25) is 9.59 Å². The van der Waals surface area contributed by atoms with Crippen molar-refractivity contribution in [2.24, 2.45) is 0 Å². The van der Waals surface area contributed by atoms with Crippen LogP contribution in [-0.4, -0.2) is 25.9 Å². The van der Waals surface area contributed by atoms with Gasteiger partial charge in [-0.25, -0.2) is 9.29 Å². The Labute approximate surface area is 186 Å². The fraction of sp³-hybridized carbons (Fsp3) is 0.154. The summed E-state index contributed by atoms with van der Waals surface area (Å²) >= 11 is 0. The lowest BCUT2D eigenvalue weighted by Gasteiger charge is -2.18. The summed E-state index contributed by atoms with van der Waals surface area (Å²) in [6.45, 7) is 3.93. The minimum Gasteiger partial charge on any atom is -0.378 e. The topological polar surface area (TPSA) is 52.7 Å². The molecule has 0 aliphatic carbocycles. The Kier molecular flexibility index (Phi) is 5.53. The molecule has 1 heterocycles. The molecule has 3 aromatic carbocycles. The molecule has 0 spiro atoms. The second kappa shape index (κ2) is 8.30. The molecule has 0 bridgehead atoms. The van der Waals surface area contributed by atoms with E-state index in [4.69, 9.17) is 0 Å². The summed E-state index contributed by atoms with van der Waals surface area (Å²) in [5.74, 6) is -1.32. The van der Waals surface area contributed by atoms with E-state index in [0.717, 1.165) is 27.4 Å². The van der Waals surface area contributed by atoms with Crippen LogP contribution in [0.2, 0.25) is 0 Å². The first-order chi connectivity index (χ1) is 15.3. The standard InChI is InChI=1S/C26H24FN3O2/c1-16-5-14-22(17(2)15-16)28-24-23(18-6-8-19(27)9-7-18)25(31)30(26(24)32)21-12-10-20(11-13-21)29(3)4/h5-15,28H,1-4H3. The summed E-state index contributed by atoms with van der Waals surface area (Å²) in [7, 11) is 3.84. The molecule has 4 rings (SSSR count). The molecule has 1 aliphatic rings. The van der Waals surface area contributed by atoms with Gasteiger partial charge in [-0.1, -0.05) is 29.8 Å². The van der Waals surface area contributed by atoms with Gasteiger partial charge >= 0.3 is 0 Å². The second-order valence-corrected chi connectivity index (χ2v) is 8.06. The fourth-order valence-electron chi connectivity index (χ4n) is 3.75. The van der Waals surface area contributed by atoms with Crippen LogP contribution in [-0.2, 0) is 9.59 Å². The molecule has 0 aromatic heterocycles. The quantitative estimate of drug-likeness (QED) is 0.586. The van der Waals surface area contributed by atoms with Gasteiger partial charge in [-0.05, 0) is 67.4 Å². The molecule has 0 unspecified atom stereocenters. The number of aryl methyl sites for hydroxylation is 2. The zero-order chi connectivity index (χ0) is 23.0. The maximum Gasteiger partial charge on any atom is 0.282 e. The summed E-state index contributed by atoms with van der Waals surface area (Å²) in [4.78, 5) is 30.0. The lowest BCUT2D eigenvalue weighted by atomic mass is 10.0. The van der Waals surface area contributed by atoms with Crippen LogP contribution in [0.4, 0.5) is 21.5 Å². The van der Waals surface area contributed by atoms with E-state index in [1.54, 1.807) is 12.1 Å². The highest BCUT2D eigenvalue weighted by Crippen LogP contribution is 2.35. The largest absolute Gasteiger partial charge is 0.378 e. The van der Waals surface area contributed by atoms with Gasteiger partial charge in [0.2, 0.25) is 0 Å². The van der Waals surface area contributed by atoms with E-state index < -0.39 is 17.6 Å². The Balaban J connectivity index is 1.80. The number of rotatable bonds is 5. The van der Waals surface area contributed by atoms with Gasteiger partial charge in [0, 0.05) is 25.5 Å². The van der Waals surface area contributed by atoms with Gasteiger partial charge in [-0.15, -0.1) is 0 Å². The van der Waals surface area contributed by atoms with Crippen LogP contribution in [0.25, 0.3) is 5.57 Å². The van der Waals surface area contributed by atoms with Crippen molar-refractivity contribution in [2.45, 2.75) is 13.8 Å². The van der Waals surface area contributed by atoms with Crippen molar-refractivity contribution in [1.82, 2.24) is 0 Å². The molecule has 1 N–H and O–H groups in total. The van der Waals surface area contributed by atoms with E-state index in [1.807, 2.05) is 63.2 Å². The Morgan fingerprint density at radius 1 is 0.844 bits per heavy atom. The van der Waals surface area contributed by atoms with E-state index in [0.29, 0.717) is 11.3 Å². The first-order valence-electron chi connectivity index (χ1n) is 10.3. The zero-order valence-corrected chi connectivity index (χ0v) is 18.4. The SMILES string of the molecule is Cc1ccc(NC2=C(c3ccc(F)cc3)C(=O)N(c3ccc(N(C)C)cc3)C2=O)c(C)c1. The normalized spacial score (nSPS) is 13.7. The summed E-state index contributed by atoms with van der Waals surface area (Å²) in [6, 6.07) is 18.6. The minimum atomic E-state index is -0.452. The average molecular weight is 429 g/mol. The number of anilines is 3. The van der Waals surface area contributed by atoms with Crippen LogP contribution >= 0.6 is 0 Å². The van der Waals surface area contributed by atoms with Crippen molar-refractivity contribution in [3.05, 3.63) is 94.9 Å². The number of halogens is 1. The van der Waals surface area contributed by atoms with Gasteiger partial charge in [0.15, 0.2) is 0 Å². The van der Waals surface area contributed by atoms with E-state index in [2.05, 4.69) is 5.32 Å². The van der Waals surface area contributed by atoms with Gasteiger partial charge in [0.05, 0.1) is 11.3 Å². The van der Waals surface area contributed by atoms with Crippen LogP contribution in [0, 0.1) is 19.7 Å². The Morgan fingerprint density at radius 3 is 2.09 bits per heavy atom. The molecule has 5 nitrogen and oxygen atoms in total. The third-order valence-electron chi connectivity index (χ3n) is 5.48. The van der Waals surface area contributed by atoms with Gasteiger partial charge in [0.1, 0.15) is 11.5 Å². The number of amides is 2. The van der Waals surface area contributed by atoms with Crippen LogP contribution < -0.4 is 15.1 Å². The van der Waals surface area contributed by atoms with Gasteiger partial charge in [0.25, 0.3) is 11.8 Å². The number of nitrogens with one attached hydrogen (secondary N) is 1. The number of carbonyl (C=O) groups is 2. The predicted molar refractivity (Wildman–Crippen MR) is 126 cm³/mol. The molecular formula is C26H24FN3O2. The van der Waals surface area contributed by atoms with E-state index in [9.17, 15) is 14.0 Å². The number of carbonyl (C=O) groups excluding carboxylic acids is 2. The monoisotopic (exact) mass is 429 g/mol. The Bertz CT molecular complexity index is 1230. The smallest absolute Gasteiger partial charge is 0.282 e. The summed E-state index contributed by atoms with van der Waals surface area (Å²) < 4.78 is 13.5. The van der Waals surface area contributed by atoms with Crippen molar-refractivity contribution >= 4 is 34.4 Å². The fourth-order valence-corrected chi connectivity index (χ4v) is 3.75. The molecule has 0 atom stereocenters. The molecule has 1 aliphatic heterocycles. The van der Waals surface area contributed by atoms with Crippen molar-refractivity contribution in [2.75, 3.05) is 29.2 Å². The molecule has 32 heavy (non-hydrogen) atoms. The molecule has 6 heteroatoms. The predicted octanol–water partition coefficient (Wildman–Crippen LogP) is 4.91.